The van der Waals surface area contributed by atoms with Crippen molar-refractivity contribution in [1.82, 2.24) is 4.90 Å². The molecule has 1 aliphatic heterocycles. The molecule has 1 saturated heterocycles. The van der Waals surface area contributed by atoms with Crippen molar-refractivity contribution in [2.75, 3.05) is 19.7 Å². The standard InChI is InChI=1S/C9H18ClNO/c1-3-11(4-2)9-8(10)6-5-7-12-9/h8-9H,3-7H2,1-2H3. The molecule has 0 aromatic heterocycles. The van der Waals surface area contributed by atoms with Gasteiger partial charge in [-0.2, -0.15) is 0 Å². The Bertz CT molecular complexity index is 128. The van der Waals surface area contributed by atoms with Crippen LogP contribution in [0, 0.1) is 0 Å². The van der Waals surface area contributed by atoms with Crippen LogP contribution in [-0.4, -0.2) is 36.2 Å². The molecular weight excluding hydrogens is 174 g/mol. The molecule has 2 unspecified atom stereocenters. The van der Waals surface area contributed by atoms with Gasteiger partial charge < -0.3 is 4.74 Å². The Morgan fingerprint density at radius 2 is 2.08 bits per heavy atom. The zero-order valence-corrected chi connectivity index (χ0v) is 8.68. The summed E-state index contributed by atoms with van der Waals surface area (Å²) in [6.45, 7) is 7.19. The van der Waals surface area contributed by atoms with Crippen molar-refractivity contribution in [3.63, 3.8) is 0 Å². The second-order valence-electron chi connectivity index (χ2n) is 3.14. The van der Waals surface area contributed by atoms with Crippen molar-refractivity contribution in [3.8, 4) is 0 Å². The van der Waals surface area contributed by atoms with Crippen LogP contribution in [0.4, 0.5) is 0 Å². The first-order chi connectivity index (χ1) is 5.79. The van der Waals surface area contributed by atoms with E-state index in [4.69, 9.17) is 16.3 Å². The molecule has 2 atom stereocenters. The lowest BCUT2D eigenvalue weighted by Gasteiger charge is -2.35. The van der Waals surface area contributed by atoms with Gasteiger partial charge in [0, 0.05) is 6.61 Å². The van der Waals surface area contributed by atoms with Gasteiger partial charge in [-0.25, -0.2) is 0 Å². The van der Waals surface area contributed by atoms with Crippen LogP contribution in [0.3, 0.4) is 0 Å². The molecule has 1 rings (SSSR count). The lowest BCUT2D eigenvalue weighted by atomic mass is 10.1. The quantitative estimate of drug-likeness (QED) is 0.634. The molecule has 12 heavy (non-hydrogen) atoms. The lowest BCUT2D eigenvalue weighted by molar-refractivity contribution is -0.0786. The number of halogens is 1. The molecule has 0 aromatic rings. The lowest BCUT2D eigenvalue weighted by Crippen LogP contribution is -2.45. The summed E-state index contributed by atoms with van der Waals surface area (Å²) in [5.74, 6) is 0. The second kappa shape index (κ2) is 5.05. The Balaban J connectivity index is 2.45. The maximum Gasteiger partial charge on any atom is 0.127 e. The molecule has 0 aromatic carbocycles. The molecule has 0 bridgehead atoms. The summed E-state index contributed by atoms with van der Waals surface area (Å²) in [6, 6.07) is 0. The third-order valence-corrected chi connectivity index (χ3v) is 2.83. The third kappa shape index (κ3) is 2.35. The van der Waals surface area contributed by atoms with E-state index in [1.54, 1.807) is 0 Å². The number of hydrogen-bond donors (Lipinski definition) is 0. The third-order valence-electron chi connectivity index (χ3n) is 2.39. The first kappa shape index (κ1) is 10.3. The van der Waals surface area contributed by atoms with E-state index in [0.29, 0.717) is 0 Å². The minimum absolute atomic E-state index is 0.149. The zero-order valence-electron chi connectivity index (χ0n) is 7.92. The fourth-order valence-corrected chi connectivity index (χ4v) is 2.03. The van der Waals surface area contributed by atoms with Crippen LogP contribution in [0.1, 0.15) is 26.7 Å². The van der Waals surface area contributed by atoms with Crippen molar-refractivity contribution in [3.05, 3.63) is 0 Å². The highest BCUT2D eigenvalue weighted by molar-refractivity contribution is 6.21. The highest BCUT2D eigenvalue weighted by Gasteiger charge is 2.27. The summed E-state index contributed by atoms with van der Waals surface area (Å²) in [7, 11) is 0. The summed E-state index contributed by atoms with van der Waals surface area (Å²) in [4.78, 5) is 2.27. The fourth-order valence-electron chi connectivity index (χ4n) is 1.65. The second-order valence-corrected chi connectivity index (χ2v) is 3.70. The van der Waals surface area contributed by atoms with Gasteiger partial charge in [0.15, 0.2) is 0 Å². The van der Waals surface area contributed by atoms with E-state index in [1.807, 2.05) is 0 Å². The molecule has 3 heteroatoms. The van der Waals surface area contributed by atoms with Crippen LogP contribution in [0.5, 0.6) is 0 Å². The molecule has 2 nitrogen and oxygen atoms in total. The van der Waals surface area contributed by atoms with Crippen molar-refractivity contribution < 1.29 is 4.74 Å². The number of nitrogens with zero attached hydrogens (tertiary/aromatic N) is 1. The zero-order chi connectivity index (χ0) is 8.97. The van der Waals surface area contributed by atoms with Crippen molar-refractivity contribution in [2.45, 2.75) is 38.3 Å². The average molecular weight is 192 g/mol. The van der Waals surface area contributed by atoms with Gasteiger partial charge in [-0.05, 0) is 25.9 Å². The monoisotopic (exact) mass is 191 g/mol. The number of rotatable bonds is 3. The van der Waals surface area contributed by atoms with Crippen LogP contribution in [0.25, 0.3) is 0 Å². The van der Waals surface area contributed by atoms with E-state index in [9.17, 15) is 0 Å². The van der Waals surface area contributed by atoms with Gasteiger partial charge in [0.1, 0.15) is 6.23 Å². The normalized spacial score (nSPS) is 31.0. The van der Waals surface area contributed by atoms with Gasteiger partial charge in [-0.15, -0.1) is 11.6 Å². The maximum atomic E-state index is 6.17. The molecule has 72 valence electrons. The fraction of sp³-hybridized carbons (Fsp3) is 1.00. The van der Waals surface area contributed by atoms with Crippen molar-refractivity contribution >= 4 is 11.6 Å². The van der Waals surface area contributed by atoms with E-state index in [0.717, 1.165) is 32.5 Å². The summed E-state index contributed by atoms with van der Waals surface area (Å²) in [6.07, 6.45) is 2.34. The Kier molecular flexibility index (Phi) is 4.33. The SMILES string of the molecule is CCN(CC)C1OCCCC1Cl. The smallest absolute Gasteiger partial charge is 0.127 e. The largest absolute Gasteiger partial charge is 0.362 e. The first-order valence-electron chi connectivity index (χ1n) is 4.79. The van der Waals surface area contributed by atoms with E-state index >= 15 is 0 Å². The first-order valence-corrected chi connectivity index (χ1v) is 5.23. The van der Waals surface area contributed by atoms with E-state index in [1.165, 1.54) is 0 Å². The van der Waals surface area contributed by atoms with Crippen LogP contribution < -0.4 is 0 Å². The number of alkyl halides is 1. The molecule has 0 aliphatic carbocycles. The minimum Gasteiger partial charge on any atom is -0.362 e. The predicted molar refractivity (Wildman–Crippen MR) is 51.5 cm³/mol. The highest BCUT2D eigenvalue weighted by atomic mass is 35.5. The Hall–Kier alpha value is 0.210. The van der Waals surface area contributed by atoms with Gasteiger partial charge in [-0.3, -0.25) is 4.90 Å². The molecule has 1 aliphatic rings. The van der Waals surface area contributed by atoms with E-state index in [2.05, 4.69) is 18.7 Å². The van der Waals surface area contributed by atoms with Gasteiger partial charge in [-0.1, -0.05) is 13.8 Å². The molecule has 0 saturated carbocycles. The molecule has 0 N–H and O–H groups in total. The molecule has 1 heterocycles. The van der Waals surface area contributed by atoms with E-state index in [-0.39, 0.29) is 11.6 Å². The van der Waals surface area contributed by atoms with Gasteiger partial charge in [0.2, 0.25) is 0 Å². The molecule has 0 spiro atoms. The van der Waals surface area contributed by atoms with Gasteiger partial charge >= 0.3 is 0 Å². The topological polar surface area (TPSA) is 12.5 Å². The summed E-state index contributed by atoms with van der Waals surface area (Å²) < 4.78 is 5.63. The Morgan fingerprint density at radius 3 is 2.58 bits per heavy atom. The average Bonchev–Trinajstić information content (AvgIpc) is 2.10. The molecule has 0 amide bonds. The van der Waals surface area contributed by atoms with Crippen LogP contribution >= 0.6 is 11.6 Å². The predicted octanol–water partition coefficient (Wildman–Crippen LogP) is 2.07. The summed E-state index contributed by atoms with van der Waals surface area (Å²) in [5.41, 5.74) is 0. The summed E-state index contributed by atoms with van der Waals surface area (Å²) in [5, 5.41) is 0.179. The van der Waals surface area contributed by atoms with Crippen molar-refractivity contribution in [2.24, 2.45) is 0 Å². The maximum absolute atomic E-state index is 6.17. The van der Waals surface area contributed by atoms with Crippen LogP contribution in [0.15, 0.2) is 0 Å². The number of hydrogen-bond acceptors (Lipinski definition) is 2. The minimum atomic E-state index is 0.149. The molecule has 1 fully saturated rings. The van der Waals surface area contributed by atoms with Crippen molar-refractivity contribution in [1.29, 1.82) is 0 Å². The Morgan fingerprint density at radius 1 is 1.42 bits per heavy atom. The van der Waals surface area contributed by atoms with Gasteiger partial charge in [0.05, 0.1) is 5.38 Å². The van der Waals surface area contributed by atoms with Crippen LogP contribution in [-0.2, 0) is 4.74 Å². The van der Waals surface area contributed by atoms with Crippen LogP contribution in [0.2, 0.25) is 0 Å². The molecule has 0 radical (unpaired) electrons. The highest BCUT2D eigenvalue weighted by Crippen LogP contribution is 2.21. The van der Waals surface area contributed by atoms with E-state index < -0.39 is 0 Å². The van der Waals surface area contributed by atoms with Gasteiger partial charge in [0.25, 0.3) is 0 Å². The summed E-state index contributed by atoms with van der Waals surface area (Å²) >= 11 is 6.17. The number of ether oxygens (including phenoxy) is 1. The Labute approximate surface area is 79.8 Å². The molecular formula is C9H18ClNO.